The van der Waals surface area contributed by atoms with Gasteiger partial charge in [-0.15, -0.1) is 0 Å². The highest BCUT2D eigenvalue weighted by Crippen LogP contribution is 2.57. The molecule has 37 heavy (non-hydrogen) atoms. The Balaban J connectivity index is 1.62. The van der Waals surface area contributed by atoms with Crippen molar-refractivity contribution in [2.45, 2.75) is 57.8 Å². The van der Waals surface area contributed by atoms with Gasteiger partial charge in [-0.2, -0.15) is 0 Å². The Hall–Kier alpha value is -2.97. The normalized spacial score (nSPS) is 44.3. The molecule has 9 atom stereocenters. The van der Waals surface area contributed by atoms with Gasteiger partial charge in [0.25, 0.3) is 5.91 Å². The lowest BCUT2D eigenvalue weighted by Gasteiger charge is -2.30. The molecule has 3 fully saturated rings. The number of nitrogens with one attached hydrogen (secondary N) is 2. The van der Waals surface area contributed by atoms with E-state index in [4.69, 9.17) is 0 Å². The van der Waals surface area contributed by atoms with Crippen LogP contribution in [-0.2, 0) is 14.4 Å². The van der Waals surface area contributed by atoms with E-state index in [0.29, 0.717) is 23.7 Å². The molecule has 2 aliphatic carbocycles. The maximum Gasteiger partial charge on any atom is 0.259 e. The summed E-state index contributed by atoms with van der Waals surface area (Å²) in [6.45, 7) is 4.63. The third-order valence-corrected chi connectivity index (χ3v) is 8.75. The molecule has 0 unspecified atom stereocenters. The summed E-state index contributed by atoms with van der Waals surface area (Å²) in [5.74, 6) is 0.00864. The van der Waals surface area contributed by atoms with E-state index in [2.05, 4.69) is 30.6 Å². The van der Waals surface area contributed by atoms with Gasteiger partial charge < -0.3 is 26.0 Å². The van der Waals surface area contributed by atoms with E-state index >= 15 is 0 Å². The molecule has 4 rings (SSSR count). The Bertz CT molecular complexity index is 1060. The number of allylic oxidation sites excluding steroid dienone is 6. The fraction of sp³-hybridized carbons (Fsp3) is 0.552. The number of carbonyl (C=O) groups is 3. The van der Waals surface area contributed by atoms with Gasteiger partial charge in [-0.25, -0.2) is 0 Å². The zero-order valence-corrected chi connectivity index (χ0v) is 21.4. The quantitative estimate of drug-likeness (QED) is 0.344. The summed E-state index contributed by atoms with van der Waals surface area (Å²) in [5, 5.41) is 37.1. The van der Waals surface area contributed by atoms with Crippen LogP contribution in [0.1, 0.15) is 39.5 Å². The van der Waals surface area contributed by atoms with Crippen LogP contribution in [0.2, 0.25) is 0 Å². The van der Waals surface area contributed by atoms with Gasteiger partial charge in [0.2, 0.25) is 5.91 Å². The number of hydrogen-bond donors (Lipinski definition) is 5. The van der Waals surface area contributed by atoms with Crippen molar-refractivity contribution in [3.8, 4) is 0 Å². The lowest BCUT2D eigenvalue weighted by Crippen LogP contribution is -2.42. The average Bonchev–Trinajstić information content (AvgIpc) is 3.48. The zero-order valence-electron chi connectivity index (χ0n) is 21.4. The topological polar surface area (TPSA) is 136 Å². The van der Waals surface area contributed by atoms with Crippen LogP contribution >= 0.6 is 0 Å². The van der Waals surface area contributed by atoms with Gasteiger partial charge >= 0.3 is 0 Å². The van der Waals surface area contributed by atoms with E-state index in [-0.39, 0.29) is 30.7 Å². The Morgan fingerprint density at radius 1 is 0.973 bits per heavy atom. The van der Waals surface area contributed by atoms with Gasteiger partial charge in [-0.3, -0.25) is 14.4 Å². The highest BCUT2D eigenvalue weighted by Gasteiger charge is 2.52. The van der Waals surface area contributed by atoms with E-state index in [1.807, 2.05) is 6.08 Å². The molecule has 2 amide bonds. The molecule has 8 nitrogen and oxygen atoms in total. The maximum absolute atomic E-state index is 12.7. The first-order chi connectivity index (χ1) is 17.7. The van der Waals surface area contributed by atoms with Gasteiger partial charge in [-0.05, 0) is 60.8 Å². The molecule has 5 N–H and O–H groups in total. The number of aliphatic hydroxyl groups is 3. The summed E-state index contributed by atoms with van der Waals surface area (Å²) in [6.07, 6.45) is 14.5. The van der Waals surface area contributed by atoms with Crippen molar-refractivity contribution >= 4 is 17.6 Å². The molecule has 200 valence electrons. The van der Waals surface area contributed by atoms with Crippen LogP contribution in [0, 0.1) is 35.5 Å². The molecule has 2 heterocycles. The second-order valence-corrected chi connectivity index (χ2v) is 10.8. The fourth-order valence-corrected chi connectivity index (χ4v) is 6.96. The van der Waals surface area contributed by atoms with E-state index < -0.39 is 41.3 Å². The predicted octanol–water partition coefficient (Wildman–Crippen LogP) is 2.27. The molecule has 8 heteroatoms. The van der Waals surface area contributed by atoms with E-state index in [1.165, 1.54) is 24.6 Å². The van der Waals surface area contributed by atoms with Crippen LogP contribution in [0.15, 0.2) is 59.9 Å². The largest absolute Gasteiger partial charge is 0.507 e. The highest BCUT2D eigenvalue weighted by molar-refractivity contribution is 6.27. The van der Waals surface area contributed by atoms with Crippen LogP contribution < -0.4 is 10.6 Å². The summed E-state index contributed by atoms with van der Waals surface area (Å²) in [6, 6.07) is -1.19. The number of rotatable bonds is 1. The number of ketones is 1. The van der Waals surface area contributed by atoms with Crippen LogP contribution in [0.4, 0.5) is 0 Å². The lowest BCUT2D eigenvalue weighted by atomic mass is 9.76. The SMILES string of the molecule is CC[C@@H]1C[C@@H]2C[C@H]3/C=C\C=C/C(=O)NCC[C@H](O)[C@@H]4NC(=O)/C(=C(O)/C=C\C=C/[C@H](O)[C@H]3[C@@H]2[C@H]1C)C4=O. The number of Topliss-reactive ketones (excluding diaryl/α,β-unsaturated/α-hetero) is 1. The van der Waals surface area contributed by atoms with Crippen molar-refractivity contribution in [3.63, 3.8) is 0 Å². The third kappa shape index (κ3) is 5.65. The average molecular weight is 511 g/mol. The van der Waals surface area contributed by atoms with Crippen LogP contribution in [0.25, 0.3) is 0 Å². The van der Waals surface area contributed by atoms with Crippen molar-refractivity contribution < 1.29 is 29.7 Å². The van der Waals surface area contributed by atoms with E-state index in [0.717, 1.165) is 12.8 Å². The molecule has 1 saturated heterocycles. The lowest BCUT2D eigenvalue weighted by molar-refractivity contribution is -0.118. The van der Waals surface area contributed by atoms with Crippen LogP contribution in [-0.4, -0.2) is 57.7 Å². The second-order valence-electron chi connectivity index (χ2n) is 10.8. The minimum Gasteiger partial charge on any atom is -0.507 e. The van der Waals surface area contributed by atoms with Crippen molar-refractivity contribution in [1.29, 1.82) is 0 Å². The summed E-state index contributed by atoms with van der Waals surface area (Å²) in [4.78, 5) is 37.2. The minimum atomic E-state index is -1.22. The van der Waals surface area contributed by atoms with Crippen LogP contribution in [0.5, 0.6) is 0 Å². The minimum absolute atomic E-state index is 0.0293. The van der Waals surface area contributed by atoms with Gasteiger partial charge in [0.05, 0.1) is 12.2 Å². The zero-order chi connectivity index (χ0) is 26.7. The van der Waals surface area contributed by atoms with Gasteiger partial charge in [-0.1, -0.05) is 56.7 Å². The second kappa shape index (κ2) is 11.6. The Labute approximate surface area is 217 Å². The monoisotopic (exact) mass is 510 g/mol. The summed E-state index contributed by atoms with van der Waals surface area (Å²) in [7, 11) is 0. The summed E-state index contributed by atoms with van der Waals surface area (Å²) in [5.41, 5.74) is -0.412. The highest BCUT2D eigenvalue weighted by atomic mass is 16.3. The van der Waals surface area contributed by atoms with Crippen molar-refractivity contribution in [2.24, 2.45) is 35.5 Å². The Kier molecular flexibility index (Phi) is 8.49. The maximum atomic E-state index is 12.7. The van der Waals surface area contributed by atoms with Gasteiger partial charge in [0.15, 0.2) is 5.78 Å². The van der Waals surface area contributed by atoms with Crippen molar-refractivity contribution in [3.05, 3.63) is 59.9 Å². The Morgan fingerprint density at radius 2 is 1.70 bits per heavy atom. The van der Waals surface area contributed by atoms with E-state index in [1.54, 1.807) is 18.2 Å². The fourth-order valence-electron chi connectivity index (χ4n) is 6.96. The molecule has 4 aliphatic rings. The Morgan fingerprint density at radius 3 is 2.46 bits per heavy atom. The smallest absolute Gasteiger partial charge is 0.259 e. The van der Waals surface area contributed by atoms with Gasteiger partial charge in [0.1, 0.15) is 17.4 Å². The first-order valence-corrected chi connectivity index (χ1v) is 13.3. The van der Waals surface area contributed by atoms with Crippen molar-refractivity contribution in [1.82, 2.24) is 10.6 Å². The molecule has 2 aliphatic heterocycles. The summed E-state index contributed by atoms with van der Waals surface area (Å²) < 4.78 is 0. The molecular weight excluding hydrogens is 472 g/mol. The summed E-state index contributed by atoms with van der Waals surface area (Å²) >= 11 is 0. The molecular formula is C29H38N2O6. The number of carbonyl (C=O) groups excluding carboxylic acids is 3. The molecule has 2 bridgehead atoms. The number of hydrogen-bond acceptors (Lipinski definition) is 6. The molecule has 0 aromatic heterocycles. The predicted molar refractivity (Wildman–Crippen MR) is 139 cm³/mol. The molecule has 0 aromatic rings. The first-order valence-electron chi connectivity index (χ1n) is 13.3. The number of fused-ring (bicyclic) bond motifs is 5. The first kappa shape index (κ1) is 27.1. The van der Waals surface area contributed by atoms with Gasteiger partial charge in [0, 0.05) is 12.6 Å². The standard InChI is InChI=1S/C29H38N2O6/c1-3-17-14-19-15-18-8-4-7-11-23(35)30-13-12-22(34)27-28(36)26(29(37)31-27)21(33)10-6-5-9-20(32)25(18)24(19)16(17)2/h4-11,16-20,22,24-25,27,32-34H,3,12-15H2,1-2H3,(H,30,35)(H,31,37)/b8-4-,9-5-,10-6-,11-7-,26-21-/t16-,17+,18+,19+,20-,22-,24+,25-,27-/m0/s1. The molecule has 0 aromatic carbocycles. The molecule has 0 spiro atoms. The van der Waals surface area contributed by atoms with Crippen molar-refractivity contribution in [2.75, 3.05) is 6.54 Å². The number of aliphatic hydroxyl groups excluding tert-OH is 3. The molecule has 0 radical (unpaired) electrons. The molecule has 2 saturated carbocycles. The van der Waals surface area contributed by atoms with Crippen LogP contribution in [0.3, 0.4) is 0 Å². The van der Waals surface area contributed by atoms with E-state index in [9.17, 15) is 29.7 Å². The third-order valence-electron chi connectivity index (χ3n) is 8.75. The number of amides is 2.